The zero-order valence-electron chi connectivity index (χ0n) is 14.9. The molecule has 2 heterocycles. The van der Waals surface area contributed by atoms with Crippen LogP contribution in [0.3, 0.4) is 0 Å². The van der Waals surface area contributed by atoms with Crippen LogP contribution in [0.25, 0.3) is 0 Å². The number of hydrogen-bond acceptors (Lipinski definition) is 4. The van der Waals surface area contributed by atoms with Crippen molar-refractivity contribution < 1.29 is 9.53 Å². The van der Waals surface area contributed by atoms with Gasteiger partial charge < -0.3 is 14.5 Å². The monoisotopic (exact) mass is 320 g/mol. The van der Waals surface area contributed by atoms with Crippen molar-refractivity contribution in [2.45, 2.75) is 38.8 Å². The normalized spacial score (nSPS) is 28.1. The van der Waals surface area contributed by atoms with E-state index >= 15 is 0 Å². The van der Waals surface area contributed by atoms with Gasteiger partial charge in [-0.05, 0) is 40.8 Å². The predicted octanol–water partition coefficient (Wildman–Crippen LogP) is 1.28. The SMILES string of the molecule is Cc1nn(C)c(C)c1C1COCCN1C(=O)C1CC(N(C)C)C1. The van der Waals surface area contributed by atoms with Crippen molar-refractivity contribution >= 4 is 5.91 Å². The van der Waals surface area contributed by atoms with Crippen LogP contribution in [-0.4, -0.2) is 65.4 Å². The highest BCUT2D eigenvalue weighted by Crippen LogP contribution is 2.36. The van der Waals surface area contributed by atoms with E-state index in [1.165, 1.54) is 0 Å². The molecule has 1 aromatic heterocycles. The highest BCUT2D eigenvalue weighted by atomic mass is 16.5. The fourth-order valence-electron chi connectivity index (χ4n) is 3.82. The van der Waals surface area contributed by atoms with Crippen LogP contribution in [-0.2, 0) is 16.6 Å². The zero-order chi connectivity index (χ0) is 16.7. The van der Waals surface area contributed by atoms with Gasteiger partial charge in [-0.3, -0.25) is 9.48 Å². The van der Waals surface area contributed by atoms with Gasteiger partial charge in [0.15, 0.2) is 0 Å². The Morgan fingerprint density at radius 1 is 1.30 bits per heavy atom. The van der Waals surface area contributed by atoms with Crippen molar-refractivity contribution in [1.29, 1.82) is 0 Å². The topological polar surface area (TPSA) is 50.6 Å². The summed E-state index contributed by atoms with van der Waals surface area (Å²) in [7, 11) is 6.13. The number of aromatic nitrogens is 2. The molecule has 2 aliphatic rings. The van der Waals surface area contributed by atoms with Gasteiger partial charge in [0.05, 0.1) is 24.9 Å². The van der Waals surface area contributed by atoms with Crippen molar-refractivity contribution in [2.75, 3.05) is 33.9 Å². The highest BCUT2D eigenvalue weighted by molar-refractivity contribution is 5.80. The molecule has 3 rings (SSSR count). The summed E-state index contributed by atoms with van der Waals surface area (Å²) in [6.45, 7) is 5.97. The second-order valence-electron chi connectivity index (χ2n) is 7.12. The third-order valence-corrected chi connectivity index (χ3v) is 5.50. The van der Waals surface area contributed by atoms with E-state index in [-0.39, 0.29) is 12.0 Å². The highest BCUT2D eigenvalue weighted by Gasteiger charge is 2.41. The molecule has 1 saturated heterocycles. The Bertz CT molecular complexity index is 590. The maximum atomic E-state index is 13.0. The number of rotatable bonds is 3. The van der Waals surface area contributed by atoms with Crippen LogP contribution >= 0.6 is 0 Å². The molecular weight excluding hydrogens is 292 g/mol. The summed E-state index contributed by atoms with van der Waals surface area (Å²) in [5.74, 6) is 0.458. The molecule has 0 radical (unpaired) electrons. The van der Waals surface area contributed by atoms with E-state index in [0.717, 1.165) is 29.8 Å². The summed E-state index contributed by atoms with van der Waals surface area (Å²) in [6.07, 6.45) is 1.95. The molecule has 6 heteroatoms. The average Bonchev–Trinajstić information content (AvgIpc) is 2.70. The Kier molecular flexibility index (Phi) is 4.47. The quantitative estimate of drug-likeness (QED) is 0.842. The van der Waals surface area contributed by atoms with Gasteiger partial charge in [-0.25, -0.2) is 0 Å². The smallest absolute Gasteiger partial charge is 0.226 e. The Balaban J connectivity index is 1.78. The molecule has 1 aromatic rings. The molecule has 6 nitrogen and oxygen atoms in total. The standard InChI is InChI=1S/C17H28N4O2/c1-11-16(12(2)20(5)18-11)15-10-23-7-6-21(15)17(22)13-8-14(9-13)19(3)4/h13-15H,6-10H2,1-5H3. The second-order valence-corrected chi connectivity index (χ2v) is 7.12. The van der Waals surface area contributed by atoms with Crippen LogP contribution in [0, 0.1) is 19.8 Å². The maximum absolute atomic E-state index is 13.0. The van der Waals surface area contributed by atoms with Crippen molar-refractivity contribution in [2.24, 2.45) is 13.0 Å². The molecule has 0 aromatic carbocycles. The van der Waals surface area contributed by atoms with Crippen molar-refractivity contribution in [3.63, 3.8) is 0 Å². The zero-order valence-corrected chi connectivity index (χ0v) is 14.9. The third-order valence-electron chi connectivity index (χ3n) is 5.50. The van der Waals surface area contributed by atoms with Gasteiger partial charge in [0.1, 0.15) is 0 Å². The minimum Gasteiger partial charge on any atom is -0.377 e. The number of carbonyl (C=O) groups is 1. The minimum atomic E-state index is 0.00311. The molecule has 23 heavy (non-hydrogen) atoms. The molecular formula is C17H28N4O2. The van der Waals surface area contributed by atoms with E-state index in [9.17, 15) is 4.79 Å². The molecule has 2 fully saturated rings. The van der Waals surface area contributed by atoms with Crippen LogP contribution < -0.4 is 0 Å². The van der Waals surface area contributed by atoms with Crippen molar-refractivity contribution in [1.82, 2.24) is 19.6 Å². The number of nitrogens with zero attached hydrogens (tertiary/aromatic N) is 4. The fraction of sp³-hybridized carbons (Fsp3) is 0.765. The lowest BCUT2D eigenvalue weighted by Gasteiger charge is -2.44. The number of morpholine rings is 1. The summed E-state index contributed by atoms with van der Waals surface area (Å²) < 4.78 is 7.58. The number of carbonyl (C=O) groups excluding carboxylic acids is 1. The van der Waals surface area contributed by atoms with Crippen LogP contribution in [0.15, 0.2) is 0 Å². The third kappa shape index (κ3) is 2.90. The number of amides is 1. The molecule has 1 saturated carbocycles. The lowest BCUT2D eigenvalue weighted by Crippen LogP contribution is -2.52. The number of hydrogen-bond donors (Lipinski definition) is 0. The first kappa shape index (κ1) is 16.5. The Morgan fingerprint density at radius 2 is 2.00 bits per heavy atom. The molecule has 1 aliphatic heterocycles. The fourth-order valence-corrected chi connectivity index (χ4v) is 3.82. The molecule has 1 unspecified atom stereocenters. The molecule has 128 valence electrons. The molecule has 1 atom stereocenters. The van der Waals surface area contributed by atoms with Crippen molar-refractivity contribution in [3.05, 3.63) is 17.0 Å². The molecule has 0 N–H and O–H groups in total. The first-order valence-electron chi connectivity index (χ1n) is 8.45. The maximum Gasteiger partial charge on any atom is 0.226 e. The summed E-state index contributed by atoms with van der Waals surface area (Å²) in [5, 5.41) is 4.51. The molecule has 0 bridgehead atoms. The van der Waals surface area contributed by atoms with Crippen LogP contribution in [0.1, 0.15) is 35.8 Å². The first-order chi connectivity index (χ1) is 10.9. The molecule has 1 aliphatic carbocycles. The van der Waals surface area contributed by atoms with E-state index < -0.39 is 0 Å². The summed E-state index contributed by atoms with van der Waals surface area (Å²) >= 11 is 0. The van der Waals surface area contributed by atoms with Crippen LogP contribution in [0.4, 0.5) is 0 Å². The summed E-state index contributed by atoms with van der Waals surface area (Å²) in [6, 6.07) is 0.550. The number of aryl methyl sites for hydroxylation is 2. The summed E-state index contributed by atoms with van der Waals surface area (Å²) in [5.41, 5.74) is 3.28. The molecule has 0 spiro atoms. The van der Waals surface area contributed by atoms with Gasteiger partial charge in [-0.2, -0.15) is 5.10 Å². The molecule has 1 amide bonds. The van der Waals surface area contributed by atoms with E-state index in [1.54, 1.807) is 0 Å². The van der Waals surface area contributed by atoms with Crippen LogP contribution in [0.5, 0.6) is 0 Å². The van der Waals surface area contributed by atoms with Gasteiger partial charge in [-0.15, -0.1) is 0 Å². The van der Waals surface area contributed by atoms with Gasteiger partial charge >= 0.3 is 0 Å². The predicted molar refractivity (Wildman–Crippen MR) is 88.2 cm³/mol. The Hall–Kier alpha value is -1.40. The second kappa shape index (κ2) is 6.24. The number of ether oxygens (including phenoxy) is 1. The average molecular weight is 320 g/mol. The Labute approximate surface area is 138 Å². The Morgan fingerprint density at radius 3 is 2.57 bits per heavy atom. The minimum absolute atomic E-state index is 0.00311. The lowest BCUT2D eigenvalue weighted by molar-refractivity contribution is -0.149. The largest absolute Gasteiger partial charge is 0.377 e. The van der Waals surface area contributed by atoms with Gasteiger partial charge in [-0.1, -0.05) is 0 Å². The van der Waals surface area contributed by atoms with Gasteiger partial charge in [0, 0.05) is 36.8 Å². The first-order valence-corrected chi connectivity index (χ1v) is 8.45. The van der Waals surface area contributed by atoms with E-state index in [1.807, 2.05) is 23.6 Å². The van der Waals surface area contributed by atoms with Gasteiger partial charge in [0.25, 0.3) is 0 Å². The lowest BCUT2D eigenvalue weighted by atomic mass is 9.78. The van der Waals surface area contributed by atoms with E-state index in [4.69, 9.17) is 4.74 Å². The van der Waals surface area contributed by atoms with Crippen molar-refractivity contribution in [3.8, 4) is 0 Å². The van der Waals surface area contributed by atoms with Gasteiger partial charge in [0.2, 0.25) is 5.91 Å². The van der Waals surface area contributed by atoms with E-state index in [0.29, 0.717) is 31.7 Å². The van der Waals surface area contributed by atoms with Crippen LogP contribution in [0.2, 0.25) is 0 Å². The van der Waals surface area contributed by atoms with E-state index in [2.05, 4.69) is 31.0 Å². The summed E-state index contributed by atoms with van der Waals surface area (Å²) in [4.78, 5) is 17.2.